The molecular weight excluding hydrogens is 352 g/mol. The van der Waals surface area contributed by atoms with Crippen LogP contribution in [0.2, 0.25) is 0 Å². The Labute approximate surface area is 159 Å². The summed E-state index contributed by atoms with van der Waals surface area (Å²) in [4.78, 5) is 1.54. The molecule has 0 spiro atoms. The Morgan fingerprint density at radius 2 is 1.15 bits per heavy atom. The molecule has 0 fully saturated rings. The molecule has 4 rings (SSSR count). The van der Waals surface area contributed by atoms with E-state index in [0.717, 1.165) is 42.8 Å². The maximum absolute atomic E-state index is 9.16. The SMILES string of the molecule is N#CC(C#N)=Cc1sc(C=C(C#N)C#N)c2c1-c1cccc3cccc-2c13. The molecule has 0 radical (unpaired) electrons. The molecule has 0 N–H and O–H groups in total. The Hall–Kier alpha value is -4.16. The average Bonchev–Trinajstić information content (AvgIpc) is 3.23. The van der Waals surface area contributed by atoms with Crippen molar-refractivity contribution in [3.63, 3.8) is 0 Å². The molecule has 0 atom stereocenters. The minimum atomic E-state index is 0.0125. The average molecular weight is 360 g/mol. The molecule has 0 aliphatic heterocycles. The highest BCUT2D eigenvalue weighted by Gasteiger charge is 2.28. The number of thiophene rings is 1. The molecule has 0 saturated carbocycles. The lowest BCUT2D eigenvalue weighted by atomic mass is 10.0. The fourth-order valence-corrected chi connectivity index (χ4v) is 4.62. The van der Waals surface area contributed by atoms with Crippen LogP contribution in [0, 0.1) is 45.3 Å². The van der Waals surface area contributed by atoms with Gasteiger partial charge in [0.05, 0.1) is 0 Å². The molecule has 1 aromatic heterocycles. The van der Waals surface area contributed by atoms with E-state index < -0.39 is 0 Å². The van der Waals surface area contributed by atoms with Crippen molar-refractivity contribution < 1.29 is 0 Å². The number of fused-ring (bicyclic) bond motifs is 3. The topological polar surface area (TPSA) is 95.2 Å². The third-order valence-electron chi connectivity index (χ3n) is 4.44. The van der Waals surface area contributed by atoms with Crippen LogP contribution in [0.4, 0.5) is 0 Å². The predicted octanol–water partition coefficient (Wildman–Crippen LogP) is 5.41. The van der Waals surface area contributed by atoms with Crippen molar-refractivity contribution in [1.29, 1.82) is 21.0 Å². The van der Waals surface area contributed by atoms with Crippen molar-refractivity contribution >= 4 is 34.3 Å². The van der Waals surface area contributed by atoms with E-state index in [1.807, 2.05) is 60.7 Å². The molecular formula is C22H8N4S. The molecule has 0 saturated heterocycles. The van der Waals surface area contributed by atoms with E-state index in [1.54, 1.807) is 12.2 Å². The third kappa shape index (κ3) is 2.40. The molecule has 122 valence electrons. The quantitative estimate of drug-likeness (QED) is 0.446. The molecule has 27 heavy (non-hydrogen) atoms. The first-order valence-corrected chi connectivity index (χ1v) is 8.76. The molecule has 1 aliphatic rings. The highest BCUT2D eigenvalue weighted by atomic mass is 32.1. The van der Waals surface area contributed by atoms with Crippen molar-refractivity contribution in [2.24, 2.45) is 0 Å². The van der Waals surface area contributed by atoms with Gasteiger partial charge in [0.2, 0.25) is 0 Å². The molecule has 1 aliphatic carbocycles. The number of nitrogens with zero attached hydrogens (tertiary/aromatic N) is 4. The summed E-state index contributed by atoms with van der Waals surface area (Å²) in [7, 11) is 0. The number of hydrogen-bond donors (Lipinski definition) is 0. The van der Waals surface area contributed by atoms with Gasteiger partial charge in [-0.1, -0.05) is 36.4 Å². The lowest BCUT2D eigenvalue weighted by molar-refractivity contribution is 1.47. The van der Waals surface area contributed by atoms with Crippen molar-refractivity contribution in [1.82, 2.24) is 0 Å². The van der Waals surface area contributed by atoms with Crippen LogP contribution in [0.3, 0.4) is 0 Å². The van der Waals surface area contributed by atoms with Crippen molar-refractivity contribution in [2.75, 3.05) is 0 Å². The van der Waals surface area contributed by atoms with Crippen LogP contribution in [-0.2, 0) is 0 Å². The zero-order valence-electron chi connectivity index (χ0n) is 13.8. The number of allylic oxidation sites excluding steroid dienone is 2. The van der Waals surface area contributed by atoms with Gasteiger partial charge in [0.25, 0.3) is 0 Å². The van der Waals surface area contributed by atoms with Gasteiger partial charge in [-0.3, -0.25) is 0 Å². The zero-order chi connectivity index (χ0) is 19.0. The third-order valence-corrected chi connectivity index (χ3v) is 5.52. The highest BCUT2D eigenvalue weighted by molar-refractivity contribution is 7.15. The number of nitriles is 4. The second-order valence-electron chi connectivity index (χ2n) is 5.85. The molecule has 1 heterocycles. The van der Waals surface area contributed by atoms with Gasteiger partial charge < -0.3 is 0 Å². The Bertz CT molecular complexity index is 1230. The summed E-state index contributed by atoms with van der Waals surface area (Å²) in [6.45, 7) is 0. The number of rotatable bonds is 2. The first kappa shape index (κ1) is 16.3. The van der Waals surface area contributed by atoms with E-state index in [4.69, 9.17) is 21.0 Å². The minimum Gasteiger partial charge on any atom is -0.192 e. The first-order valence-electron chi connectivity index (χ1n) is 7.95. The van der Waals surface area contributed by atoms with Crippen LogP contribution in [-0.4, -0.2) is 0 Å². The molecule has 0 amide bonds. The molecule has 3 aromatic rings. The summed E-state index contributed by atoms with van der Waals surface area (Å²) in [5.74, 6) is 0. The smallest absolute Gasteiger partial charge is 0.131 e. The van der Waals surface area contributed by atoms with Crippen LogP contribution in [0.25, 0.3) is 45.2 Å². The van der Waals surface area contributed by atoms with E-state index in [1.165, 1.54) is 11.3 Å². The molecule has 2 aromatic carbocycles. The standard InChI is InChI=1S/C22H8N4S/c23-9-13(10-24)7-18-21-16-5-1-3-15-4-2-6-17(20(15)16)22(21)19(27-18)8-14(11-25)12-26/h1-8H. The van der Waals surface area contributed by atoms with E-state index in [2.05, 4.69) is 0 Å². The summed E-state index contributed by atoms with van der Waals surface area (Å²) < 4.78 is 0. The van der Waals surface area contributed by atoms with Gasteiger partial charge in [-0.2, -0.15) is 21.0 Å². The summed E-state index contributed by atoms with van der Waals surface area (Å²) in [5, 5.41) is 38.8. The van der Waals surface area contributed by atoms with Gasteiger partial charge in [-0.05, 0) is 34.1 Å². The number of hydrogen-bond acceptors (Lipinski definition) is 5. The van der Waals surface area contributed by atoms with E-state index >= 15 is 0 Å². The Balaban J connectivity index is 2.12. The lowest BCUT2D eigenvalue weighted by Gasteiger charge is -2.03. The second kappa shape index (κ2) is 6.29. The highest BCUT2D eigenvalue weighted by Crippen LogP contribution is 2.54. The van der Waals surface area contributed by atoms with Crippen LogP contribution >= 0.6 is 11.3 Å². The summed E-state index contributed by atoms with van der Waals surface area (Å²) in [6.07, 6.45) is 3.15. The van der Waals surface area contributed by atoms with Gasteiger partial charge in [0, 0.05) is 20.9 Å². The summed E-state index contributed by atoms with van der Waals surface area (Å²) >= 11 is 1.37. The van der Waals surface area contributed by atoms with Gasteiger partial charge in [0.1, 0.15) is 35.4 Å². The maximum Gasteiger partial charge on any atom is 0.131 e. The first-order chi connectivity index (χ1) is 13.2. The zero-order valence-corrected chi connectivity index (χ0v) is 14.6. The molecule has 0 bridgehead atoms. The molecule has 0 unspecified atom stereocenters. The summed E-state index contributed by atoms with van der Waals surface area (Å²) in [5.41, 5.74) is 3.97. The predicted molar refractivity (Wildman–Crippen MR) is 105 cm³/mol. The van der Waals surface area contributed by atoms with E-state index in [9.17, 15) is 0 Å². The fraction of sp³-hybridized carbons (Fsp3) is 0. The largest absolute Gasteiger partial charge is 0.192 e. The fourth-order valence-electron chi connectivity index (χ4n) is 3.40. The van der Waals surface area contributed by atoms with Crippen molar-refractivity contribution in [3.8, 4) is 46.5 Å². The normalized spacial score (nSPS) is 10.1. The van der Waals surface area contributed by atoms with E-state index in [-0.39, 0.29) is 11.1 Å². The Morgan fingerprint density at radius 3 is 1.56 bits per heavy atom. The van der Waals surface area contributed by atoms with Crippen molar-refractivity contribution in [2.45, 2.75) is 0 Å². The maximum atomic E-state index is 9.16. The van der Waals surface area contributed by atoms with Crippen LogP contribution < -0.4 is 0 Å². The Kier molecular flexibility index (Phi) is 3.80. The summed E-state index contributed by atoms with van der Waals surface area (Å²) in [6, 6.07) is 19.6. The lowest BCUT2D eigenvalue weighted by Crippen LogP contribution is -1.78. The number of benzene rings is 2. The van der Waals surface area contributed by atoms with Gasteiger partial charge in [-0.25, -0.2) is 0 Å². The van der Waals surface area contributed by atoms with Crippen LogP contribution in [0.15, 0.2) is 47.5 Å². The molecule has 4 nitrogen and oxygen atoms in total. The van der Waals surface area contributed by atoms with Gasteiger partial charge in [-0.15, -0.1) is 11.3 Å². The second-order valence-corrected chi connectivity index (χ2v) is 6.94. The van der Waals surface area contributed by atoms with E-state index in [0.29, 0.717) is 0 Å². The van der Waals surface area contributed by atoms with Crippen LogP contribution in [0.5, 0.6) is 0 Å². The van der Waals surface area contributed by atoms with Crippen molar-refractivity contribution in [3.05, 3.63) is 57.3 Å². The van der Waals surface area contributed by atoms with Gasteiger partial charge in [0.15, 0.2) is 0 Å². The Morgan fingerprint density at radius 1 is 0.704 bits per heavy atom. The van der Waals surface area contributed by atoms with Gasteiger partial charge >= 0.3 is 0 Å². The monoisotopic (exact) mass is 360 g/mol. The minimum absolute atomic E-state index is 0.0125. The molecule has 5 heteroatoms. The van der Waals surface area contributed by atoms with Crippen LogP contribution in [0.1, 0.15) is 9.75 Å².